The van der Waals surface area contributed by atoms with Gasteiger partial charge in [0.1, 0.15) is 0 Å². The van der Waals surface area contributed by atoms with Crippen LogP contribution in [0, 0.1) is 17.8 Å². The van der Waals surface area contributed by atoms with Crippen molar-refractivity contribution in [3.8, 4) is 0 Å². The van der Waals surface area contributed by atoms with Crippen LogP contribution in [0.2, 0.25) is 0 Å². The third-order valence-corrected chi connectivity index (χ3v) is 7.12. The van der Waals surface area contributed by atoms with E-state index in [-0.39, 0.29) is 23.7 Å². The Morgan fingerprint density at radius 3 is 2.57 bits per heavy atom. The number of nitrogens with two attached hydrogens (primary N) is 1. The zero-order chi connectivity index (χ0) is 20.9. The lowest BCUT2D eigenvalue weighted by molar-refractivity contribution is -0.133. The molecular formula is C23H33N5O2. The number of fused-ring (bicyclic) bond motifs is 1. The molecule has 4 rings (SSSR count). The number of piperidine rings is 1. The number of hydrogen-bond donors (Lipinski definition) is 4. The quantitative estimate of drug-likeness (QED) is 0.321. The Hall–Kier alpha value is -2.25. The number of carbonyl (C=O) groups excluding carboxylic acids is 2. The van der Waals surface area contributed by atoms with E-state index >= 15 is 0 Å². The molecule has 1 amide bonds. The van der Waals surface area contributed by atoms with E-state index in [9.17, 15) is 9.59 Å². The summed E-state index contributed by atoms with van der Waals surface area (Å²) in [7, 11) is 0. The maximum Gasteiger partial charge on any atom is 0.238 e. The fourth-order valence-electron chi connectivity index (χ4n) is 5.54. The Kier molecular flexibility index (Phi) is 6.79. The third kappa shape index (κ3) is 4.57. The van der Waals surface area contributed by atoms with E-state index in [4.69, 9.17) is 5.84 Å². The van der Waals surface area contributed by atoms with Crippen LogP contribution in [0.4, 0.5) is 0 Å². The van der Waals surface area contributed by atoms with Gasteiger partial charge in [-0.05, 0) is 55.3 Å². The monoisotopic (exact) mass is 411 g/mol. The van der Waals surface area contributed by atoms with Gasteiger partial charge in [-0.1, -0.05) is 43.5 Å². The minimum absolute atomic E-state index is 0.0824. The number of nitrogens with one attached hydrogen (secondary N) is 3. The molecule has 3 aliphatic rings. The lowest BCUT2D eigenvalue weighted by atomic mass is 9.69. The van der Waals surface area contributed by atoms with Crippen molar-refractivity contribution in [2.45, 2.75) is 57.2 Å². The highest BCUT2D eigenvalue weighted by Gasteiger charge is 2.45. The first-order chi connectivity index (χ1) is 14.7. The summed E-state index contributed by atoms with van der Waals surface area (Å²) in [4.78, 5) is 26.3. The van der Waals surface area contributed by atoms with E-state index in [1.807, 2.05) is 24.3 Å². The predicted molar refractivity (Wildman–Crippen MR) is 117 cm³/mol. The average Bonchev–Trinajstić information content (AvgIpc) is 3.28. The van der Waals surface area contributed by atoms with Crippen molar-refractivity contribution < 1.29 is 9.59 Å². The van der Waals surface area contributed by atoms with Crippen LogP contribution in [0.15, 0.2) is 29.4 Å². The summed E-state index contributed by atoms with van der Waals surface area (Å²) in [5.74, 6) is 6.19. The van der Waals surface area contributed by atoms with Crippen molar-refractivity contribution in [3.63, 3.8) is 0 Å². The topological polar surface area (TPSA) is 109 Å². The van der Waals surface area contributed by atoms with Crippen molar-refractivity contribution in [2.24, 2.45) is 28.7 Å². The molecule has 1 aliphatic carbocycles. The van der Waals surface area contributed by atoms with E-state index in [1.54, 1.807) is 6.21 Å². The molecule has 1 aromatic carbocycles. The Bertz CT molecular complexity index is 776. The zero-order valence-electron chi connectivity index (χ0n) is 17.5. The van der Waals surface area contributed by atoms with Crippen LogP contribution in [0.1, 0.15) is 49.7 Å². The Morgan fingerprint density at radius 1 is 1.03 bits per heavy atom. The molecule has 5 atom stereocenters. The van der Waals surface area contributed by atoms with Crippen molar-refractivity contribution >= 4 is 17.9 Å². The minimum atomic E-state index is -0.438. The summed E-state index contributed by atoms with van der Waals surface area (Å²) < 4.78 is 0. The van der Waals surface area contributed by atoms with Gasteiger partial charge in [-0.15, -0.1) is 0 Å². The molecule has 0 radical (unpaired) electrons. The second-order valence-corrected chi connectivity index (χ2v) is 8.90. The fourth-order valence-corrected chi connectivity index (χ4v) is 5.54. The zero-order valence-corrected chi connectivity index (χ0v) is 17.5. The summed E-state index contributed by atoms with van der Waals surface area (Å²) in [6.07, 6.45) is 8.39. The van der Waals surface area contributed by atoms with E-state index in [2.05, 4.69) is 21.1 Å². The number of benzene rings is 1. The number of amides is 1. The third-order valence-electron chi connectivity index (χ3n) is 7.12. The minimum Gasteiger partial charge on any atom is -0.351 e. The Labute approximate surface area is 178 Å². The number of nitrogens with zero attached hydrogens (tertiary/aromatic N) is 1. The maximum absolute atomic E-state index is 13.4. The van der Waals surface area contributed by atoms with E-state index in [0.29, 0.717) is 24.9 Å². The van der Waals surface area contributed by atoms with E-state index in [0.717, 1.165) is 30.5 Å². The van der Waals surface area contributed by atoms with Gasteiger partial charge in [-0.2, -0.15) is 5.10 Å². The molecule has 0 aromatic heterocycles. The first-order valence-corrected chi connectivity index (χ1v) is 11.3. The number of hydrogen-bond acceptors (Lipinski definition) is 6. The summed E-state index contributed by atoms with van der Waals surface area (Å²) >= 11 is 0. The summed E-state index contributed by atoms with van der Waals surface area (Å²) in [5.41, 5.74) is 1.91. The molecule has 3 fully saturated rings. The van der Waals surface area contributed by atoms with Crippen LogP contribution in [-0.4, -0.2) is 43.1 Å². The van der Waals surface area contributed by atoms with Crippen LogP contribution in [0.25, 0.3) is 0 Å². The maximum atomic E-state index is 13.4. The molecule has 5 N–H and O–H groups in total. The number of rotatable bonds is 6. The second-order valence-electron chi connectivity index (χ2n) is 8.90. The highest BCUT2D eigenvalue weighted by atomic mass is 16.2. The Balaban J connectivity index is 1.36. The van der Waals surface area contributed by atoms with E-state index < -0.39 is 6.04 Å². The molecule has 2 heterocycles. The van der Waals surface area contributed by atoms with Gasteiger partial charge in [0, 0.05) is 12.5 Å². The summed E-state index contributed by atoms with van der Waals surface area (Å²) in [6, 6.07) is 7.18. The molecule has 0 spiro atoms. The fraction of sp³-hybridized carbons (Fsp3) is 0.609. The van der Waals surface area contributed by atoms with Crippen LogP contribution in [0.3, 0.4) is 0 Å². The molecule has 1 unspecified atom stereocenters. The van der Waals surface area contributed by atoms with Crippen LogP contribution in [-0.2, 0) is 16.1 Å². The highest BCUT2D eigenvalue weighted by Crippen LogP contribution is 2.38. The Morgan fingerprint density at radius 2 is 1.77 bits per heavy atom. The smallest absolute Gasteiger partial charge is 0.238 e. The first kappa shape index (κ1) is 21.0. The summed E-state index contributed by atoms with van der Waals surface area (Å²) in [5, 5.41) is 13.3. The van der Waals surface area contributed by atoms with Gasteiger partial charge >= 0.3 is 0 Å². The highest BCUT2D eigenvalue weighted by molar-refractivity contribution is 5.94. The van der Waals surface area contributed by atoms with Gasteiger partial charge in [-0.25, -0.2) is 0 Å². The first-order valence-electron chi connectivity index (χ1n) is 11.3. The lowest BCUT2D eigenvalue weighted by Crippen LogP contribution is -2.56. The number of hydrazone groups is 1. The SMILES string of the molecule is NN=Cc1ccc(CNC(=O)[C@H]2NCCC2C(=O)[C@@H]2NCC[C@@H]3CCCC[C@@H]32)cc1. The van der Waals surface area contributed by atoms with Crippen molar-refractivity contribution in [1.29, 1.82) is 0 Å². The molecule has 1 saturated carbocycles. The number of Topliss-reactive ketones (excluding diaryl/α,β-unsaturated/α-hetero) is 1. The molecule has 1 aromatic rings. The molecule has 7 nitrogen and oxygen atoms in total. The van der Waals surface area contributed by atoms with Gasteiger partial charge in [0.25, 0.3) is 0 Å². The molecule has 2 saturated heterocycles. The standard InChI is InChI=1S/C23H33N5O2/c24-28-14-16-7-5-15(6-8-16)13-27-23(30)21-19(10-12-26-21)22(29)20-18-4-2-1-3-17(18)9-11-25-20/h5-8,14,17-21,25-26H,1-4,9-13,24H2,(H,27,30)/t17-,18-,19?,20+,21-/m0/s1. The molecule has 7 heteroatoms. The van der Waals surface area contributed by atoms with Gasteiger partial charge in [0.05, 0.1) is 18.3 Å². The van der Waals surface area contributed by atoms with Gasteiger partial charge in [-0.3, -0.25) is 9.59 Å². The average molecular weight is 412 g/mol. The normalized spacial score (nSPS) is 31.4. The lowest BCUT2D eigenvalue weighted by Gasteiger charge is -2.42. The molecule has 162 valence electrons. The largest absolute Gasteiger partial charge is 0.351 e. The summed E-state index contributed by atoms with van der Waals surface area (Å²) in [6.45, 7) is 2.06. The number of ketones is 1. The van der Waals surface area contributed by atoms with E-state index in [1.165, 1.54) is 25.7 Å². The molecule has 2 aliphatic heterocycles. The number of carbonyl (C=O) groups is 2. The second kappa shape index (κ2) is 9.71. The molecular weight excluding hydrogens is 378 g/mol. The van der Waals surface area contributed by atoms with Crippen LogP contribution in [0.5, 0.6) is 0 Å². The van der Waals surface area contributed by atoms with Crippen molar-refractivity contribution in [2.75, 3.05) is 13.1 Å². The van der Waals surface area contributed by atoms with Gasteiger partial charge in [0.2, 0.25) is 5.91 Å². The molecule has 30 heavy (non-hydrogen) atoms. The van der Waals surface area contributed by atoms with Crippen molar-refractivity contribution in [3.05, 3.63) is 35.4 Å². The van der Waals surface area contributed by atoms with Crippen LogP contribution < -0.4 is 21.8 Å². The van der Waals surface area contributed by atoms with Gasteiger partial charge in [0.15, 0.2) is 5.78 Å². The molecule has 0 bridgehead atoms. The van der Waals surface area contributed by atoms with Crippen molar-refractivity contribution in [1.82, 2.24) is 16.0 Å². The van der Waals surface area contributed by atoms with Crippen LogP contribution >= 0.6 is 0 Å². The van der Waals surface area contributed by atoms with Gasteiger partial charge < -0.3 is 21.8 Å². The predicted octanol–water partition coefficient (Wildman–Crippen LogP) is 1.31.